The van der Waals surface area contributed by atoms with E-state index in [-0.39, 0.29) is 18.6 Å². The van der Waals surface area contributed by atoms with Crippen molar-refractivity contribution in [1.29, 1.82) is 0 Å². The van der Waals surface area contributed by atoms with E-state index in [0.717, 1.165) is 18.5 Å². The molecule has 1 aromatic heterocycles. The van der Waals surface area contributed by atoms with E-state index >= 15 is 0 Å². The van der Waals surface area contributed by atoms with Gasteiger partial charge in [0, 0.05) is 12.6 Å². The van der Waals surface area contributed by atoms with Gasteiger partial charge < -0.3 is 15.4 Å². The number of hydrogen-bond acceptors (Lipinski definition) is 3. The lowest BCUT2D eigenvalue weighted by molar-refractivity contribution is 0.217. The number of benzene rings is 1. The Bertz CT molecular complexity index is 700. The molecule has 0 fully saturated rings. The number of ether oxygens (including phenoxy) is 1. The van der Waals surface area contributed by atoms with Crippen LogP contribution in [0.4, 0.5) is 14.9 Å². The van der Waals surface area contributed by atoms with Crippen LogP contribution < -0.4 is 15.4 Å². The smallest absolute Gasteiger partial charge is 0.319 e. The van der Waals surface area contributed by atoms with E-state index in [4.69, 9.17) is 4.74 Å². The zero-order valence-corrected chi connectivity index (χ0v) is 14.2. The predicted molar refractivity (Wildman–Crippen MR) is 90.7 cm³/mol. The second-order valence-electron chi connectivity index (χ2n) is 5.51. The summed E-state index contributed by atoms with van der Waals surface area (Å²) in [5.74, 6) is 0.0707. The number of anilines is 1. The third-order valence-electron chi connectivity index (χ3n) is 3.59. The van der Waals surface area contributed by atoms with Crippen LogP contribution in [0.25, 0.3) is 0 Å². The number of unbranched alkanes of at least 4 members (excludes halogenated alkanes) is 1. The molecular weight excluding hydrogens is 311 g/mol. The number of hydrogen-bond donors (Lipinski definition) is 2. The van der Waals surface area contributed by atoms with Gasteiger partial charge in [-0.3, -0.25) is 0 Å². The van der Waals surface area contributed by atoms with Gasteiger partial charge >= 0.3 is 6.03 Å². The van der Waals surface area contributed by atoms with Crippen LogP contribution in [0.15, 0.2) is 24.3 Å². The van der Waals surface area contributed by atoms with E-state index in [1.165, 1.54) is 12.1 Å². The number of nitrogens with zero attached hydrogens (tertiary/aromatic N) is 2. The molecule has 24 heavy (non-hydrogen) atoms. The van der Waals surface area contributed by atoms with Crippen LogP contribution >= 0.6 is 0 Å². The van der Waals surface area contributed by atoms with Crippen LogP contribution in [0.5, 0.6) is 5.75 Å². The average molecular weight is 334 g/mol. The number of amides is 2. The van der Waals surface area contributed by atoms with Crippen LogP contribution in [0.1, 0.15) is 31.2 Å². The second-order valence-corrected chi connectivity index (χ2v) is 5.51. The van der Waals surface area contributed by atoms with Gasteiger partial charge in [-0.25, -0.2) is 13.9 Å². The maximum absolute atomic E-state index is 13.2. The van der Waals surface area contributed by atoms with Crippen molar-refractivity contribution in [2.45, 2.75) is 40.3 Å². The molecule has 0 aliphatic heterocycles. The molecule has 0 bridgehead atoms. The van der Waals surface area contributed by atoms with Crippen molar-refractivity contribution < 1.29 is 13.9 Å². The fourth-order valence-electron chi connectivity index (χ4n) is 2.23. The highest BCUT2D eigenvalue weighted by Crippen LogP contribution is 2.20. The molecule has 2 N–H and O–H groups in total. The molecule has 0 spiro atoms. The highest BCUT2D eigenvalue weighted by atomic mass is 19.1. The average Bonchev–Trinajstić information content (AvgIpc) is 2.81. The van der Waals surface area contributed by atoms with Gasteiger partial charge in [0.2, 0.25) is 0 Å². The van der Waals surface area contributed by atoms with E-state index in [0.29, 0.717) is 23.7 Å². The van der Waals surface area contributed by atoms with E-state index < -0.39 is 0 Å². The summed E-state index contributed by atoms with van der Waals surface area (Å²) in [5, 5.41) is 9.97. The minimum atomic E-state index is -0.355. The highest BCUT2D eigenvalue weighted by molar-refractivity contribution is 5.90. The number of aromatic nitrogens is 2. The summed E-state index contributed by atoms with van der Waals surface area (Å²) in [6, 6.07) is 5.68. The molecule has 1 heterocycles. The largest absolute Gasteiger partial charge is 0.471 e. The molecule has 130 valence electrons. The van der Waals surface area contributed by atoms with Gasteiger partial charge in [0.15, 0.2) is 6.73 Å². The molecule has 2 rings (SSSR count). The lowest BCUT2D eigenvalue weighted by atomic mass is 10.3. The summed E-state index contributed by atoms with van der Waals surface area (Å²) < 4.78 is 20.3. The highest BCUT2D eigenvalue weighted by Gasteiger charge is 2.14. The van der Waals surface area contributed by atoms with Gasteiger partial charge in [-0.15, -0.1) is 0 Å². The number of aryl methyl sites for hydroxylation is 1. The molecule has 0 aliphatic carbocycles. The Balaban J connectivity index is 1.99. The van der Waals surface area contributed by atoms with Crippen molar-refractivity contribution in [3.63, 3.8) is 0 Å². The third-order valence-corrected chi connectivity index (χ3v) is 3.59. The van der Waals surface area contributed by atoms with Crippen molar-refractivity contribution in [3.8, 4) is 5.75 Å². The molecule has 0 radical (unpaired) electrons. The van der Waals surface area contributed by atoms with Crippen LogP contribution in [-0.2, 0) is 6.73 Å². The summed E-state index contributed by atoms with van der Waals surface area (Å²) in [6.45, 7) is 6.49. The number of carbonyl (C=O) groups excluding carboxylic acids is 1. The first-order valence-electron chi connectivity index (χ1n) is 7.98. The quantitative estimate of drug-likeness (QED) is 0.760. The molecule has 1 aromatic carbocycles. The van der Waals surface area contributed by atoms with Gasteiger partial charge in [-0.2, -0.15) is 5.10 Å². The Kier molecular flexibility index (Phi) is 6.17. The predicted octanol–water partition coefficient (Wildman–Crippen LogP) is 3.60. The van der Waals surface area contributed by atoms with Crippen LogP contribution in [-0.4, -0.2) is 22.4 Å². The van der Waals surface area contributed by atoms with Crippen LogP contribution in [0.3, 0.4) is 0 Å². The minimum absolute atomic E-state index is 0.134. The summed E-state index contributed by atoms with van der Waals surface area (Å²) in [4.78, 5) is 11.9. The van der Waals surface area contributed by atoms with Gasteiger partial charge in [0.1, 0.15) is 11.6 Å². The Morgan fingerprint density at radius 3 is 2.88 bits per heavy atom. The van der Waals surface area contributed by atoms with Gasteiger partial charge in [0.25, 0.3) is 0 Å². The van der Waals surface area contributed by atoms with E-state index in [1.807, 2.05) is 13.8 Å². The second kappa shape index (κ2) is 8.33. The van der Waals surface area contributed by atoms with Gasteiger partial charge in [-0.1, -0.05) is 19.4 Å². The molecule has 0 aliphatic rings. The third kappa shape index (κ3) is 4.71. The summed E-state index contributed by atoms with van der Waals surface area (Å²) in [6.07, 6.45) is 1.96. The SMILES string of the molecule is CCCCNC(=O)Nc1c(C)nn(COc2cccc(F)c2)c1C. The summed E-state index contributed by atoms with van der Waals surface area (Å²) in [5.41, 5.74) is 2.13. The standard InChI is InChI=1S/C17H23FN4O2/c1-4-5-9-19-17(23)20-16-12(2)21-22(13(16)3)11-24-15-8-6-7-14(18)10-15/h6-8,10H,4-5,9,11H2,1-3H3,(H2,19,20,23). The van der Waals surface area contributed by atoms with Crippen molar-refractivity contribution in [2.75, 3.05) is 11.9 Å². The molecule has 0 unspecified atom stereocenters. The molecule has 0 saturated heterocycles. The summed E-state index contributed by atoms with van der Waals surface area (Å²) >= 11 is 0. The fraction of sp³-hybridized carbons (Fsp3) is 0.412. The Morgan fingerprint density at radius 2 is 2.17 bits per heavy atom. The number of carbonyl (C=O) groups is 1. The first kappa shape index (κ1) is 17.8. The Morgan fingerprint density at radius 1 is 1.38 bits per heavy atom. The van der Waals surface area contributed by atoms with E-state index in [9.17, 15) is 9.18 Å². The number of halogens is 1. The van der Waals surface area contributed by atoms with Crippen LogP contribution in [0.2, 0.25) is 0 Å². The number of urea groups is 1. The zero-order chi connectivity index (χ0) is 17.5. The fourth-order valence-corrected chi connectivity index (χ4v) is 2.23. The topological polar surface area (TPSA) is 68.2 Å². The van der Waals surface area contributed by atoms with Crippen LogP contribution in [0, 0.1) is 19.7 Å². The molecule has 6 nitrogen and oxygen atoms in total. The van der Waals surface area contributed by atoms with Crippen molar-refractivity contribution in [3.05, 3.63) is 41.5 Å². The van der Waals surface area contributed by atoms with Crippen molar-refractivity contribution >= 4 is 11.7 Å². The lowest BCUT2D eigenvalue weighted by Crippen LogP contribution is -2.29. The van der Waals surface area contributed by atoms with E-state index in [2.05, 4.69) is 22.7 Å². The van der Waals surface area contributed by atoms with Gasteiger partial charge in [-0.05, 0) is 32.4 Å². The Labute approximate surface area is 141 Å². The molecular formula is C17H23FN4O2. The number of nitrogens with one attached hydrogen (secondary N) is 2. The Hall–Kier alpha value is -2.57. The molecule has 0 saturated carbocycles. The lowest BCUT2D eigenvalue weighted by Gasteiger charge is -2.09. The first-order chi connectivity index (χ1) is 11.5. The maximum Gasteiger partial charge on any atom is 0.319 e. The van der Waals surface area contributed by atoms with E-state index in [1.54, 1.807) is 16.8 Å². The minimum Gasteiger partial charge on any atom is -0.471 e. The monoisotopic (exact) mass is 334 g/mol. The maximum atomic E-state index is 13.2. The first-order valence-corrected chi connectivity index (χ1v) is 7.98. The molecule has 0 atom stereocenters. The molecule has 2 aromatic rings. The number of rotatable bonds is 7. The normalized spacial score (nSPS) is 10.5. The molecule has 2 amide bonds. The van der Waals surface area contributed by atoms with Crippen molar-refractivity contribution in [1.82, 2.24) is 15.1 Å². The zero-order valence-electron chi connectivity index (χ0n) is 14.2. The molecule has 7 heteroatoms. The summed E-state index contributed by atoms with van der Waals surface area (Å²) in [7, 11) is 0. The van der Waals surface area contributed by atoms with Crippen molar-refractivity contribution in [2.24, 2.45) is 0 Å². The van der Waals surface area contributed by atoms with Gasteiger partial charge in [0.05, 0.1) is 17.1 Å².